The number of carbonyl (C=O) groups excluding carboxylic acids is 2. The minimum absolute atomic E-state index is 0.0828. The predicted molar refractivity (Wildman–Crippen MR) is 133 cm³/mol. The van der Waals surface area contributed by atoms with E-state index < -0.39 is 0 Å². The van der Waals surface area contributed by atoms with Crippen molar-refractivity contribution in [2.24, 2.45) is 0 Å². The van der Waals surface area contributed by atoms with E-state index in [1.807, 2.05) is 26.2 Å². The molecule has 0 radical (unpaired) electrons. The summed E-state index contributed by atoms with van der Waals surface area (Å²) in [5, 5.41) is 20.4. The Hall–Kier alpha value is -3.80. The lowest BCUT2D eigenvalue weighted by molar-refractivity contribution is -0.114. The van der Waals surface area contributed by atoms with Crippen molar-refractivity contribution in [3.05, 3.63) is 92.5 Å². The van der Waals surface area contributed by atoms with Crippen LogP contribution in [0.5, 0.6) is 0 Å². The van der Waals surface area contributed by atoms with E-state index in [2.05, 4.69) is 21.9 Å². The molecule has 2 heterocycles. The smallest absolute Gasteiger partial charge is 0.200 e. The number of likely N-dealkylation sites (N-methyl/N-ethyl adjacent to an activating group) is 2. The van der Waals surface area contributed by atoms with Crippen LogP contribution in [0.1, 0.15) is 25.0 Å². The molecule has 0 unspecified atom stereocenters. The normalized spacial score (nSPS) is 24.8. The van der Waals surface area contributed by atoms with E-state index in [4.69, 9.17) is 0 Å². The van der Waals surface area contributed by atoms with Gasteiger partial charge in [-0.2, -0.15) is 0 Å². The molecule has 1 aromatic rings. The van der Waals surface area contributed by atoms with Crippen LogP contribution in [0, 0.1) is 0 Å². The topological polar surface area (TPSA) is 81.1 Å². The predicted octanol–water partition coefficient (Wildman–Crippen LogP) is 4.21. The molecular formula is C28H28N2O4. The van der Waals surface area contributed by atoms with Gasteiger partial charge in [0.25, 0.3) is 0 Å². The fraction of sp³-hybridized carbons (Fsp3) is 0.286. The van der Waals surface area contributed by atoms with Gasteiger partial charge in [0.05, 0.1) is 22.3 Å². The summed E-state index contributed by atoms with van der Waals surface area (Å²) in [4.78, 5) is 28.9. The lowest BCUT2D eigenvalue weighted by Gasteiger charge is -2.36. The Labute approximate surface area is 199 Å². The van der Waals surface area contributed by atoms with Crippen LogP contribution in [0.4, 0.5) is 11.4 Å². The zero-order chi connectivity index (χ0) is 24.3. The Morgan fingerprint density at radius 1 is 0.735 bits per heavy atom. The Balaban J connectivity index is 1.46. The van der Waals surface area contributed by atoms with Gasteiger partial charge in [0.15, 0.2) is 11.6 Å². The minimum atomic E-state index is -0.105. The molecule has 0 fully saturated rings. The maximum atomic E-state index is 12.3. The number of nitrogens with zero attached hydrogens (tertiary/aromatic N) is 2. The van der Waals surface area contributed by atoms with Gasteiger partial charge in [0.2, 0.25) is 0 Å². The van der Waals surface area contributed by atoms with E-state index in [0.717, 1.165) is 22.5 Å². The molecule has 0 atom stereocenters. The van der Waals surface area contributed by atoms with E-state index >= 15 is 0 Å². The highest BCUT2D eigenvalue weighted by atomic mass is 16.3. The second kappa shape index (κ2) is 7.90. The molecule has 2 aliphatic heterocycles. The zero-order valence-corrected chi connectivity index (χ0v) is 19.9. The molecule has 0 aromatic heterocycles. The monoisotopic (exact) mass is 456 g/mol. The van der Waals surface area contributed by atoms with Crippen LogP contribution in [-0.4, -0.2) is 49.0 Å². The number of rotatable bonds is 2. The van der Waals surface area contributed by atoms with Gasteiger partial charge < -0.3 is 20.0 Å². The molecule has 5 rings (SSSR count). The molecule has 0 saturated heterocycles. The number of fused-ring (bicyclic) bond motifs is 2. The van der Waals surface area contributed by atoms with Crippen LogP contribution in [0.15, 0.2) is 81.4 Å². The van der Waals surface area contributed by atoms with Crippen molar-refractivity contribution >= 4 is 22.9 Å². The molecule has 174 valence electrons. The molecule has 6 nitrogen and oxygen atoms in total. The van der Waals surface area contributed by atoms with Gasteiger partial charge >= 0.3 is 0 Å². The first-order valence-electron chi connectivity index (χ1n) is 11.5. The van der Waals surface area contributed by atoms with Crippen LogP contribution >= 0.6 is 0 Å². The average molecular weight is 457 g/mol. The maximum Gasteiger partial charge on any atom is 0.200 e. The number of Topliss-reactive ketones (excluding diaryl/α,β-unsaturated/α-hetero) is 2. The molecule has 1 aromatic carbocycles. The molecule has 34 heavy (non-hydrogen) atoms. The fourth-order valence-electron chi connectivity index (χ4n) is 5.34. The van der Waals surface area contributed by atoms with Crippen LogP contribution < -0.4 is 9.80 Å². The van der Waals surface area contributed by atoms with Gasteiger partial charge in [-0.15, -0.1) is 0 Å². The van der Waals surface area contributed by atoms with Crippen molar-refractivity contribution in [3.63, 3.8) is 0 Å². The number of allylic oxidation sites excluding steroid dienone is 8. The third kappa shape index (κ3) is 3.24. The van der Waals surface area contributed by atoms with Gasteiger partial charge in [0, 0.05) is 38.6 Å². The minimum Gasteiger partial charge on any atom is -0.506 e. The average Bonchev–Trinajstić information content (AvgIpc) is 2.81. The number of aliphatic hydroxyl groups is 2. The number of hydrogen-bond acceptors (Lipinski definition) is 6. The highest BCUT2D eigenvalue weighted by Gasteiger charge is 2.34. The number of hydrogen-bond donors (Lipinski definition) is 2. The van der Waals surface area contributed by atoms with Gasteiger partial charge in [-0.05, 0) is 67.2 Å². The second-order valence-corrected chi connectivity index (χ2v) is 9.37. The maximum absolute atomic E-state index is 12.3. The van der Waals surface area contributed by atoms with Crippen molar-refractivity contribution < 1.29 is 19.8 Å². The van der Waals surface area contributed by atoms with Crippen molar-refractivity contribution in [1.29, 1.82) is 0 Å². The summed E-state index contributed by atoms with van der Waals surface area (Å²) in [6, 6.07) is 4.42. The Morgan fingerprint density at radius 2 is 1.15 bits per heavy atom. The Bertz CT molecular complexity index is 1250. The number of aliphatic hydroxyl groups excluding tert-OH is 2. The highest BCUT2D eigenvalue weighted by Crippen LogP contribution is 2.40. The van der Waals surface area contributed by atoms with E-state index in [9.17, 15) is 19.8 Å². The molecule has 0 amide bonds. The molecule has 0 spiro atoms. The lowest BCUT2D eigenvalue weighted by Crippen LogP contribution is -2.31. The molecule has 0 bridgehead atoms. The second-order valence-electron chi connectivity index (χ2n) is 9.37. The first-order chi connectivity index (χ1) is 16.2. The molecule has 2 aliphatic carbocycles. The van der Waals surface area contributed by atoms with Gasteiger partial charge in [-0.25, -0.2) is 0 Å². The third-order valence-corrected chi connectivity index (χ3v) is 7.09. The third-order valence-electron chi connectivity index (χ3n) is 7.09. The molecular weight excluding hydrogens is 428 g/mol. The lowest BCUT2D eigenvalue weighted by atomic mass is 9.83. The van der Waals surface area contributed by atoms with Crippen molar-refractivity contribution in [2.75, 3.05) is 37.0 Å². The Kier molecular flexibility index (Phi) is 5.12. The quantitative estimate of drug-likeness (QED) is 0.649. The summed E-state index contributed by atoms with van der Waals surface area (Å²) >= 11 is 0. The largest absolute Gasteiger partial charge is 0.506 e. The fourth-order valence-corrected chi connectivity index (χ4v) is 5.34. The van der Waals surface area contributed by atoms with E-state index in [1.54, 1.807) is 26.0 Å². The Morgan fingerprint density at radius 3 is 1.50 bits per heavy atom. The number of anilines is 2. The number of benzene rings is 1. The summed E-state index contributed by atoms with van der Waals surface area (Å²) in [7, 11) is 4.08. The summed E-state index contributed by atoms with van der Waals surface area (Å²) in [5.41, 5.74) is 8.38. The highest BCUT2D eigenvalue weighted by molar-refractivity contribution is 6.21. The van der Waals surface area contributed by atoms with Gasteiger partial charge in [0.1, 0.15) is 11.5 Å². The molecule has 2 N–H and O–H groups in total. The first-order valence-corrected chi connectivity index (χ1v) is 11.5. The van der Waals surface area contributed by atoms with Crippen LogP contribution in [0.25, 0.3) is 0 Å². The van der Waals surface area contributed by atoms with Crippen LogP contribution in [0.2, 0.25) is 0 Å². The number of carbonyl (C=O) groups is 2. The van der Waals surface area contributed by atoms with Gasteiger partial charge in [-0.3, -0.25) is 9.59 Å². The SMILES string of the molecule is CC=C1C(=O)C(/C=C2/Cc3cc4c(cc3N(C)C2)N(C)C/C(=C\C2=C(O)C(=CC)C2=O)C4)=C1O. The van der Waals surface area contributed by atoms with E-state index in [-0.39, 0.29) is 23.1 Å². The van der Waals surface area contributed by atoms with Crippen molar-refractivity contribution in [2.45, 2.75) is 26.7 Å². The number of ketones is 2. The molecule has 4 aliphatic rings. The van der Waals surface area contributed by atoms with Gasteiger partial charge in [-0.1, -0.05) is 18.2 Å². The first kappa shape index (κ1) is 22.0. The van der Waals surface area contributed by atoms with E-state index in [0.29, 0.717) is 48.2 Å². The van der Waals surface area contributed by atoms with E-state index in [1.165, 1.54) is 11.1 Å². The molecule has 0 saturated carbocycles. The molecule has 6 heteroatoms. The summed E-state index contributed by atoms with van der Waals surface area (Å²) in [5.74, 6) is -0.0436. The zero-order valence-electron chi connectivity index (χ0n) is 19.9. The standard InChI is InChI=1S/C28H28N2O4/c1-5-19-25(31)21(26(19)32)9-15-7-17-11-18-8-16(10-22-27(33)20(6-2)28(22)34)14-30(4)24(18)12-23(17)29(3)13-15/h5-6,9-12,31,33H,7-8,13-14H2,1-4H3/b15-9-,16-10-,19-5?,20-6?. The summed E-state index contributed by atoms with van der Waals surface area (Å²) in [6.45, 7) is 4.88. The van der Waals surface area contributed by atoms with Crippen LogP contribution in [0.3, 0.4) is 0 Å². The van der Waals surface area contributed by atoms with Crippen molar-refractivity contribution in [1.82, 2.24) is 0 Å². The summed E-state index contributed by atoms with van der Waals surface area (Å²) < 4.78 is 0. The van der Waals surface area contributed by atoms with Crippen molar-refractivity contribution in [3.8, 4) is 0 Å². The summed E-state index contributed by atoms with van der Waals surface area (Å²) in [6.07, 6.45) is 8.36. The van der Waals surface area contributed by atoms with Crippen LogP contribution in [-0.2, 0) is 22.4 Å².